The number of halogens is 3. The standard InChI is InChI=1S/C11H10F3N3O2/c1-10(17(18)19)5-3-7-8(4-6-10)16(2)9(15-7)11(12,13)14/h3-6H,1-2H3. The molecule has 0 aromatic carbocycles. The second-order valence-electron chi connectivity index (χ2n) is 4.41. The van der Waals surface area contributed by atoms with Gasteiger partial charge in [-0.2, -0.15) is 13.2 Å². The third kappa shape index (κ3) is 2.13. The largest absolute Gasteiger partial charge is 0.449 e. The van der Waals surface area contributed by atoms with Crippen LogP contribution in [-0.2, 0) is 13.2 Å². The van der Waals surface area contributed by atoms with Crippen molar-refractivity contribution >= 4 is 12.2 Å². The Balaban J connectivity index is 2.55. The molecule has 1 atom stereocenters. The number of hydrogen-bond acceptors (Lipinski definition) is 3. The summed E-state index contributed by atoms with van der Waals surface area (Å²) in [5.41, 5.74) is -1.19. The second-order valence-corrected chi connectivity index (χ2v) is 4.41. The first-order valence-corrected chi connectivity index (χ1v) is 5.32. The second kappa shape index (κ2) is 3.94. The molecule has 19 heavy (non-hydrogen) atoms. The monoisotopic (exact) mass is 273 g/mol. The van der Waals surface area contributed by atoms with Crippen LogP contribution in [0.2, 0.25) is 0 Å². The highest BCUT2D eigenvalue weighted by atomic mass is 19.4. The molecule has 0 bridgehead atoms. The molecule has 1 unspecified atom stereocenters. The van der Waals surface area contributed by atoms with Gasteiger partial charge in [0.05, 0.1) is 11.4 Å². The molecule has 1 aliphatic rings. The van der Waals surface area contributed by atoms with E-state index in [0.29, 0.717) is 0 Å². The zero-order chi connectivity index (χ0) is 14.4. The van der Waals surface area contributed by atoms with Crippen molar-refractivity contribution in [2.45, 2.75) is 18.6 Å². The molecule has 1 aromatic rings. The van der Waals surface area contributed by atoms with E-state index in [4.69, 9.17) is 0 Å². The Morgan fingerprint density at radius 2 is 1.95 bits per heavy atom. The quantitative estimate of drug-likeness (QED) is 0.583. The summed E-state index contributed by atoms with van der Waals surface area (Å²) in [4.78, 5) is 13.9. The van der Waals surface area contributed by atoms with Gasteiger partial charge in [0.15, 0.2) is 0 Å². The van der Waals surface area contributed by atoms with E-state index in [9.17, 15) is 23.3 Å². The highest BCUT2D eigenvalue weighted by Crippen LogP contribution is 2.32. The summed E-state index contributed by atoms with van der Waals surface area (Å²) in [6, 6.07) is 0. The minimum atomic E-state index is -4.56. The van der Waals surface area contributed by atoms with Crippen LogP contribution in [0.25, 0.3) is 12.2 Å². The molecule has 1 aromatic heterocycles. The van der Waals surface area contributed by atoms with Crippen molar-refractivity contribution < 1.29 is 18.1 Å². The highest BCUT2D eigenvalue weighted by Gasteiger charge is 2.39. The molecule has 1 aliphatic carbocycles. The Kier molecular flexibility index (Phi) is 2.76. The number of fused-ring (bicyclic) bond motifs is 1. The Morgan fingerprint density at radius 1 is 1.37 bits per heavy atom. The van der Waals surface area contributed by atoms with Crippen LogP contribution < -0.4 is 0 Å². The average molecular weight is 273 g/mol. The molecule has 0 saturated carbocycles. The van der Waals surface area contributed by atoms with Gasteiger partial charge in [-0.25, -0.2) is 4.98 Å². The molecule has 0 aliphatic heterocycles. The van der Waals surface area contributed by atoms with Gasteiger partial charge in [-0.15, -0.1) is 0 Å². The Morgan fingerprint density at radius 3 is 2.47 bits per heavy atom. The fraction of sp³-hybridized carbons (Fsp3) is 0.364. The minimum Gasteiger partial charge on any atom is -0.323 e. The first kappa shape index (κ1) is 13.3. The molecule has 1 heterocycles. The van der Waals surface area contributed by atoms with Crippen LogP contribution in [0.15, 0.2) is 12.2 Å². The van der Waals surface area contributed by atoms with Gasteiger partial charge in [0.1, 0.15) is 0 Å². The molecule has 102 valence electrons. The Hall–Kier alpha value is -2.12. The van der Waals surface area contributed by atoms with Gasteiger partial charge in [0.25, 0.3) is 5.54 Å². The molecule has 8 heteroatoms. The van der Waals surface area contributed by atoms with E-state index in [1.807, 2.05) is 0 Å². The topological polar surface area (TPSA) is 61.0 Å². The number of rotatable bonds is 1. The molecule has 0 saturated heterocycles. The first-order chi connectivity index (χ1) is 8.65. The SMILES string of the molecule is Cn1c(C(F)(F)F)nc2c1C=CC(C)([N+](=O)[O-])C=C2. The summed E-state index contributed by atoms with van der Waals surface area (Å²) in [6.45, 7) is 1.36. The third-order valence-electron chi connectivity index (χ3n) is 2.97. The van der Waals surface area contributed by atoms with Crippen LogP contribution >= 0.6 is 0 Å². The Bertz CT molecular complexity index is 601. The number of aromatic nitrogens is 2. The third-order valence-corrected chi connectivity index (χ3v) is 2.97. The number of nitrogens with zero attached hydrogens (tertiary/aromatic N) is 3. The Labute approximate surface area is 106 Å². The van der Waals surface area contributed by atoms with E-state index >= 15 is 0 Å². The lowest BCUT2D eigenvalue weighted by molar-refractivity contribution is -0.535. The smallest absolute Gasteiger partial charge is 0.323 e. The van der Waals surface area contributed by atoms with Crippen molar-refractivity contribution in [2.24, 2.45) is 7.05 Å². The molecule has 0 N–H and O–H groups in total. The van der Waals surface area contributed by atoms with E-state index < -0.39 is 22.5 Å². The van der Waals surface area contributed by atoms with Crippen LogP contribution in [0.1, 0.15) is 24.1 Å². The van der Waals surface area contributed by atoms with Gasteiger partial charge in [0.2, 0.25) is 5.82 Å². The van der Waals surface area contributed by atoms with E-state index in [-0.39, 0.29) is 11.4 Å². The summed E-state index contributed by atoms with van der Waals surface area (Å²) in [7, 11) is 1.22. The summed E-state index contributed by atoms with van der Waals surface area (Å²) < 4.78 is 38.9. The van der Waals surface area contributed by atoms with Gasteiger partial charge in [0, 0.05) is 18.9 Å². The van der Waals surface area contributed by atoms with E-state index in [1.165, 1.54) is 38.3 Å². The maximum absolute atomic E-state index is 12.7. The van der Waals surface area contributed by atoms with Crippen molar-refractivity contribution in [1.29, 1.82) is 0 Å². The summed E-state index contributed by atoms with van der Waals surface area (Å²) >= 11 is 0. The lowest BCUT2D eigenvalue weighted by atomic mass is 10.0. The van der Waals surface area contributed by atoms with E-state index in [0.717, 1.165) is 4.57 Å². The number of imidazole rings is 1. The molecule has 2 rings (SSSR count). The lowest BCUT2D eigenvalue weighted by Gasteiger charge is -2.10. The summed E-state index contributed by atoms with van der Waals surface area (Å²) in [5, 5.41) is 10.9. The number of alkyl halides is 3. The average Bonchev–Trinajstić information content (AvgIpc) is 2.49. The fourth-order valence-electron chi connectivity index (χ4n) is 1.78. The highest BCUT2D eigenvalue weighted by molar-refractivity contribution is 5.65. The molecule has 0 radical (unpaired) electrons. The molecular weight excluding hydrogens is 263 g/mol. The van der Waals surface area contributed by atoms with Crippen LogP contribution in [0.4, 0.5) is 13.2 Å². The van der Waals surface area contributed by atoms with Gasteiger partial charge in [-0.3, -0.25) is 10.1 Å². The van der Waals surface area contributed by atoms with Crippen molar-refractivity contribution in [1.82, 2.24) is 9.55 Å². The molecule has 0 amide bonds. The maximum atomic E-state index is 12.7. The number of hydrogen-bond donors (Lipinski definition) is 0. The first-order valence-electron chi connectivity index (χ1n) is 5.32. The van der Waals surface area contributed by atoms with Crippen LogP contribution in [0.5, 0.6) is 0 Å². The number of nitro groups is 1. The zero-order valence-corrected chi connectivity index (χ0v) is 10.1. The minimum absolute atomic E-state index is 0.0663. The lowest BCUT2D eigenvalue weighted by Crippen LogP contribution is -2.29. The molecule has 0 spiro atoms. The van der Waals surface area contributed by atoms with Crippen molar-refractivity contribution in [3.8, 4) is 0 Å². The van der Waals surface area contributed by atoms with Crippen LogP contribution in [0, 0.1) is 10.1 Å². The molecule has 5 nitrogen and oxygen atoms in total. The van der Waals surface area contributed by atoms with Crippen LogP contribution in [-0.4, -0.2) is 20.0 Å². The predicted octanol–water partition coefficient (Wildman–Crippen LogP) is 2.51. The normalized spacial score (nSPS) is 22.2. The van der Waals surface area contributed by atoms with Gasteiger partial charge in [-0.1, -0.05) is 0 Å². The van der Waals surface area contributed by atoms with E-state index in [2.05, 4.69) is 4.98 Å². The fourth-order valence-corrected chi connectivity index (χ4v) is 1.78. The molecule has 0 fully saturated rings. The van der Waals surface area contributed by atoms with Gasteiger partial charge < -0.3 is 4.57 Å². The van der Waals surface area contributed by atoms with Crippen molar-refractivity contribution in [3.05, 3.63) is 39.5 Å². The predicted molar refractivity (Wildman–Crippen MR) is 61.7 cm³/mol. The van der Waals surface area contributed by atoms with E-state index in [1.54, 1.807) is 0 Å². The van der Waals surface area contributed by atoms with Crippen LogP contribution in [0.3, 0.4) is 0 Å². The van der Waals surface area contributed by atoms with Crippen molar-refractivity contribution in [2.75, 3.05) is 0 Å². The molecular formula is C11H10F3N3O2. The van der Waals surface area contributed by atoms with Crippen molar-refractivity contribution in [3.63, 3.8) is 0 Å². The van der Waals surface area contributed by atoms with Gasteiger partial charge >= 0.3 is 6.18 Å². The van der Waals surface area contributed by atoms with Gasteiger partial charge in [-0.05, 0) is 24.3 Å². The zero-order valence-electron chi connectivity index (χ0n) is 10.1. The summed E-state index contributed by atoms with van der Waals surface area (Å²) in [5.74, 6) is -1.03. The summed E-state index contributed by atoms with van der Waals surface area (Å²) in [6.07, 6.45) is 0.447. The maximum Gasteiger partial charge on any atom is 0.449 e.